The van der Waals surface area contributed by atoms with Gasteiger partial charge in [-0.2, -0.15) is 0 Å². The lowest BCUT2D eigenvalue weighted by molar-refractivity contribution is 0.0821. The first-order valence-electron chi connectivity index (χ1n) is 10.0. The normalized spacial score (nSPS) is 13.8. The Morgan fingerprint density at radius 1 is 1.13 bits per heavy atom. The Bertz CT molecular complexity index is 964. The molecule has 2 aromatic heterocycles. The first-order chi connectivity index (χ1) is 15.0. The standard InChI is InChI=1S/C22H27N5O4/c1-27(2)21(29)19-7-5-17(13-23-19)20(28)26-22-24-12-16(15-8-10-31-11-9-15)4-6-18(30-3)14-25-22/h4-7,12-15H,8-11H2,1-3H3,(H2,24,25,26,28). The molecule has 0 aromatic carbocycles. The molecule has 0 bridgehead atoms. The number of rotatable bonds is 5. The minimum absolute atomic E-state index is 0.232. The van der Waals surface area contributed by atoms with Crippen LogP contribution in [0.2, 0.25) is 0 Å². The van der Waals surface area contributed by atoms with Crippen LogP contribution in [0.3, 0.4) is 0 Å². The Labute approximate surface area is 181 Å². The van der Waals surface area contributed by atoms with Crippen molar-refractivity contribution in [2.75, 3.05) is 39.7 Å². The summed E-state index contributed by atoms with van der Waals surface area (Å²) in [5, 5.41) is 2.74. The van der Waals surface area contributed by atoms with Crippen LogP contribution in [0, 0.1) is 0 Å². The van der Waals surface area contributed by atoms with E-state index in [9.17, 15) is 9.59 Å². The van der Waals surface area contributed by atoms with Gasteiger partial charge in [-0.3, -0.25) is 19.9 Å². The summed E-state index contributed by atoms with van der Waals surface area (Å²) in [6.45, 7) is 1.43. The average Bonchev–Trinajstić information content (AvgIpc) is 2.90. The highest BCUT2D eigenvalue weighted by Gasteiger charge is 2.16. The maximum absolute atomic E-state index is 12.7. The van der Waals surface area contributed by atoms with E-state index in [0.29, 0.717) is 30.4 Å². The van der Waals surface area contributed by atoms with Crippen LogP contribution >= 0.6 is 0 Å². The molecule has 1 aliphatic rings. The number of hydrogen-bond acceptors (Lipinski definition) is 6. The Kier molecular flexibility index (Phi) is 7.55. The average molecular weight is 425 g/mol. The summed E-state index contributed by atoms with van der Waals surface area (Å²) < 4.78 is 10.8. The number of carbonyl (C=O) groups excluding carboxylic acids is 2. The third-order valence-electron chi connectivity index (χ3n) is 4.95. The topological polar surface area (TPSA) is 109 Å². The molecule has 3 rings (SSSR count). The number of aromatic nitrogens is 3. The molecule has 0 aliphatic carbocycles. The van der Waals surface area contributed by atoms with Gasteiger partial charge in [0.15, 0.2) is 0 Å². The van der Waals surface area contributed by atoms with Crippen LogP contribution in [0.25, 0.3) is 0 Å². The van der Waals surface area contributed by atoms with E-state index in [1.54, 1.807) is 39.7 Å². The summed E-state index contributed by atoms with van der Waals surface area (Å²) in [6.07, 6.45) is 6.56. The molecule has 2 amide bonds. The predicted molar refractivity (Wildman–Crippen MR) is 116 cm³/mol. The molecule has 1 saturated heterocycles. The number of ether oxygens (including phenoxy) is 2. The lowest BCUT2D eigenvalue weighted by Crippen LogP contribution is -2.23. The third-order valence-corrected chi connectivity index (χ3v) is 4.95. The number of nitrogens with zero attached hydrogens (tertiary/aromatic N) is 3. The van der Waals surface area contributed by atoms with Gasteiger partial charge in [0.2, 0.25) is 5.95 Å². The van der Waals surface area contributed by atoms with Crippen molar-refractivity contribution in [2.24, 2.45) is 0 Å². The smallest absolute Gasteiger partial charge is 0.271 e. The van der Waals surface area contributed by atoms with E-state index >= 15 is 0 Å². The van der Waals surface area contributed by atoms with Crippen LogP contribution in [0.4, 0.5) is 5.95 Å². The van der Waals surface area contributed by atoms with Gasteiger partial charge in [0, 0.05) is 45.9 Å². The number of anilines is 1. The van der Waals surface area contributed by atoms with E-state index in [2.05, 4.69) is 20.3 Å². The lowest BCUT2D eigenvalue weighted by atomic mass is 9.93. The Balaban J connectivity index is 1.84. The van der Waals surface area contributed by atoms with Gasteiger partial charge in [-0.25, -0.2) is 4.98 Å². The minimum atomic E-state index is -0.400. The maximum atomic E-state index is 12.7. The molecule has 9 nitrogen and oxygen atoms in total. The van der Waals surface area contributed by atoms with Crippen molar-refractivity contribution in [2.45, 2.75) is 18.8 Å². The van der Waals surface area contributed by atoms with Crippen molar-refractivity contribution in [3.05, 3.63) is 59.7 Å². The van der Waals surface area contributed by atoms with Crippen molar-refractivity contribution in [1.82, 2.24) is 19.9 Å². The second-order valence-corrected chi connectivity index (χ2v) is 7.31. The number of hydrogen-bond donors (Lipinski definition) is 2. The highest BCUT2D eigenvalue weighted by atomic mass is 16.5. The van der Waals surface area contributed by atoms with Crippen LogP contribution in [-0.4, -0.2) is 66.1 Å². The maximum Gasteiger partial charge on any atom is 0.271 e. The zero-order chi connectivity index (χ0) is 22.2. The Hall–Kier alpha value is -3.46. The number of H-pyrrole nitrogens is 1. The van der Waals surface area contributed by atoms with Crippen molar-refractivity contribution in [3.63, 3.8) is 0 Å². The monoisotopic (exact) mass is 425 g/mol. The van der Waals surface area contributed by atoms with Crippen LogP contribution in [0.1, 0.15) is 45.2 Å². The van der Waals surface area contributed by atoms with E-state index in [0.717, 1.165) is 18.4 Å². The molecular formula is C22H27N5O4. The minimum Gasteiger partial charge on any atom is -0.495 e. The molecule has 2 N–H and O–H groups in total. The number of amides is 2. The summed E-state index contributed by atoms with van der Waals surface area (Å²) in [5.74, 6) is 0.539. The fourth-order valence-corrected chi connectivity index (χ4v) is 3.12. The Morgan fingerprint density at radius 3 is 2.55 bits per heavy atom. The molecule has 9 heteroatoms. The highest BCUT2D eigenvalue weighted by molar-refractivity contribution is 6.03. The molecule has 31 heavy (non-hydrogen) atoms. The number of nitrogens with one attached hydrogen (secondary N) is 2. The van der Waals surface area contributed by atoms with Crippen LogP contribution in [-0.2, 0) is 4.74 Å². The van der Waals surface area contributed by atoms with Gasteiger partial charge in [-0.1, -0.05) is 6.07 Å². The quantitative estimate of drug-likeness (QED) is 0.762. The zero-order valence-corrected chi connectivity index (χ0v) is 17.9. The molecule has 2 aromatic rings. The summed E-state index contributed by atoms with van der Waals surface area (Å²) >= 11 is 0. The molecule has 0 unspecified atom stereocenters. The molecule has 0 spiro atoms. The SMILES string of the molecule is COc1ccc(C2CCOCC2)cnc(NC(=O)c2ccc(C(=O)N(C)C)nc2)[nH]c1. The number of aromatic amines is 1. The number of carbonyl (C=O) groups is 2. The van der Waals surface area contributed by atoms with Gasteiger partial charge in [0.05, 0.1) is 12.7 Å². The van der Waals surface area contributed by atoms with E-state index in [4.69, 9.17) is 9.47 Å². The van der Waals surface area contributed by atoms with Gasteiger partial charge in [-0.05, 0) is 42.5 Å². The lowest BCUT2D eigenvalue weighted by Gasteiger charge is -2.21. The number of pyridine rings is 1. The van der Waals surface area contributed by atoms with Crippen molar-refractivity contribution in [1.29, 1.82) is 0 Å². The fraction of sp³-hybridized carbons (Fsp3) is 0.364. The van der Waals surface area contributed by atoms with Gasteiger partial charge in [0.25, 0.3) is 11.8 Å². The first-order valence-corrected chi connectivity index (χ1v) is 10.0. The van der Waals surface area contributed by atoms with Crippen LogP contribution in [0.15, 0.2) is 42.9 Å². The largest absolute Gasteiger partial charge is 0.495 e. The second-order valence-electron chi connectivity index (χ2n) is 7.31. The van der Waals surface area contributed by atoms with Gasteiger partial charge in [0.1, 0.15) is 11.4 Å². The summed E-state index contributed by atoms with van der Waals surface area (Å²) in [5.41, 5.74) is 1.61. The fourth-order valence-electron chi connectivity index (χ4n) is 3.12. The van der Waals surface area contributed by atoms with Crippen molar-refractivity contribution >= 4 is 17.8 Å². The first kappa shape index (κ1) is 22.2. The van der Waals surface area contributed by atoms with E-state index in [1.165, 1.54) is 17.2 Å². The van der Waals surface area contributed by atoms with Crippen molar-refractivity contribution < 1.29 is 19.1 Å². The summed E-state index contributed by atoms with van der Waals surface area (Å²) in [7, 11) is 4.86. The molecule has 1 fully saturated rings. The van der Waals surface area contributed by atoms with E-state index in [-0.39, 0.29) is 17.5 Å². The predicted octanol–water partition coefficient (Wildman–Crippen LogP) is 2.79. The molecule has 1 aliphatic heterocycles. The van der Waals surface area contributed by atoms with Gasteiger partial charge < -0.3 is 19.4 Å². The summed E-state index contributed by atoms with van der Waals surface area (Å²) in [4.78, 5) is 37.5. The van der Waals surface area contributed by atoms with Crippen LogP contribution < -0.4 is 10.1 Å². The van der Waals surface area contributed by atoms with Crippen LogP contribution in [0.5, 0.6) is 5.75 Å². The summed E-state index contributed by atoms with van der Waals surface area (Å²) in [6, 6.07) is 6.91. The van der Waals surface area contributed by atoms with Gasteiger partial charge >= 0.3 is 0 Å². The second kappa shape index (κ2) is 10.5. The number of methoxy groups -OCH3 is 1. The highest BCUT2D eigenvalue weighted by Crippen LogP contribution is 2.26. The van der Waals surface area contributed by atoms with Crippen molar-refractivity contribution in [3.8, 4) is 5.75 Å². The zero-order valence-electron chi connectivity index (χ0n) is 17.9. The molecule has 0 saturated carbocycles. The van der Waals surface area contributed by atoms with Gasteiger partial charge in [-0.15, -0.1) is 0 Å². The Morgan fingerprint density at radius 2 is 1.90 bits per heavy atom. The third kappa shape index (κ3) is 6.02. The molecule has 0 atom stereocenters. The molecule has 0 radical (unpaired) electrons. The van der Waals surface area contributed by atoms with E-state index in [1.807, 2.05) is 12.1 Å². The van der Waals surface area contributed by atoms with E-state index < -0.39 is 5.91 Å². The molecular weight excluding hydrogens is 398 g/mol. The molecule has 3 heterocycles. The molecule has 164 valence electrons.